The Morgan fingerprint density at radius 1 is 1.00 bits per heavy atom. The van der Waals surface area contributed by atoms with E-state index in [1.54, 1.807) is 21.0 Å². The molecule has 136 valence electrons. The van der Waals surface area contributed by atoms with Crippen LogP contribution in [0.25, 0.3) is 0 Å². The zero-order chi connectivity index (χ0) is 18.3. The summed E-state index contributed by atoms with van der Waals surface area (Å²) < 4.78 is 34.6. The van der Waals surface area contributed by atoms with E-state index < -0.39 is 10.2 Å². The minimum atomic E-state index is -3.51. The highest BCUT2D eigenvalue weighted by atomic mass is 32.2. The summed E-state index contributed by atoms with van der Waals surface area (Å²) in [5.41, 5.74) is 2.23. The van der Waals surface area contributed by atoms with Crippen LogP contribution in [0.5, 0.6) is 5.75 Å². The summed E-state index contributed by atoms with van der Waals surface area (Å²) in [6, 6.07) is 17.7. The minimum absolute atomic E-state index is 0.0401. The van der Waals surface area contributed by atoms with Gasteiger partial charge in [0.15, 0.2) is 0 Å². The van der Waals surface area contributed by atoms with Crippen LogP contribution in [0.1, 0.15) is 30.9 Å². The summed E-state index contributed by atoms with van der Waals surface area (Å²) in [7, 11) is -1.87. The second-order valence-corrected chi connectivity index (χ2v) is 7.82. The second-order valence-electron chi connectivity index (χ2n) is 6.28. The van der Waals surface area contributed by atoms with Crippen molar-refractivity contribution in [1.29, 1.82) is 0 Å². The molecule has 5 nitrogen and oxygen atoms in total. The summed E-state index contributed by atoms with van der Waals surface area (Å²) in [5, 5.41) is 0. The van der Waals surface area contributed by atoms with Gasteiger partial charge in [-0.2, -0.15) is 13.1 Å². The number of methoxy groups -OCH3 is 1. The number of nitrogens with one attached hydrogen (secondary N) is 2. The first-order valence-corrected chi connectivity index (χ1v) is 9.82. The fourth-order valence-corrected chi connectivity index (χ4v) is 3.77. The third kappa shape index (κ3) is 6.49. The lowest BCUT2D eigenvalue weighted by molar-refractivity contribution is 0.414. The smallest absolute Gasteiger partial charge is 0.277 e. The van der Waals surface area contributed by atoms with Gasteiger partial charge in [-0.3, -0.25) is 0 Å². The Bertz CT molecular complexity index is 744. The summed E-state index contributed by atoms with van der Waals surface area (Å²) in [6.07, 6.45) is 0.734. The average molecular weight is 362 g/mol. The van der Waals surface area contributed by atoms with Crippen LogP contribution < -0.4 is 14.2 Å². The van der Waals surface area contributed by atoms with Crippen LogP contribution in [0, 0.1) is 0 Å². The molecule has 0 amide bonds. The van der Waals surface area contributed by atoms with Crippen molar-refractivity contribution in [2.45, 2.75) is 32.2 Å². The van der Waals surface area contributed by atoms with E-state index in [-0.39, 0.29) is 12.0 Å². The van der Waals surface area contributed by atoms with Crippen molar-refractivity contribution in [3.63, 3.8) is 0 Å². The maximum atomic E-state index is 12.1. The van der Waals surface area contributed by atoms with Crippen molar-refractivity contribution < 1.29 is 13.2 Å². The fraction of sp³-hybridized carbons (Fsp3) is 0.368. The van der Waals surface area contributed by atoms with Crippen LogP contribution in [0.15, 0.2) is 54.6 Å². The van der Waals surface area contributed by atoms with Gasteiger partial charge in [-0.25, -0.2) is 4.72 Å². The molecule has 2 aromatic rings. The second kappa shape index (κ2) is 8.99. The van der Waals surface area contributed by atoms with E-state index in [0.29, 0.717) is 6.54 Å². The van der Waals surface area contributed by atoms with Crippen molar-refractivity contribution in [2.75, 3.05) is 13.7 Å². The van der Waals surface area contributed by atoms with Crippen molar-refractivity contribution in [3.05, 3.63) is 65.7 Å². The Labute approximate surface area is 150 Å². The predicted molar refractivity (Wildman–Crippen MR) is 101 cm³/mol. The number of hydrogen-bond acceptors (Lipinski definition) is 3. The number of ether oxygens (including phenoxy) is 1. The highest BCUT2D eigenvalue weighted by Gasteiger charge is 2.17. The van der Waals surface area contributed by atoms with E-state index in [1.165, 1.54) is 0 Å². The predicted octanol–water partition coefficient (Wildman–Crippen LogP) is 2.85. The Morgan fingerprint density at radius 3 is 2.20 bits per heavy atom. The van der Waals surface area contributed by atoms with Crippen molar-refractivity contribution in [1.82, 2.24) is 9.44 Å². The van der Waals surface area contributed by atoms with Gasteiger partial charge in [0, 0.05) is 18.5 Å². The number of rotatable bonds is 9. The normalized spacial score (nSPS) is 13.0. The fourth-order valence-electron chi connectivity index (χ4n) is 2.64. The molecule has 0 aliphatic heterocycles. The first kappa shape index (κ1) is 19.4. The molecule has 0 heterocycles. The summed E-state index contributed by atoms with van der Waals surface area (Å²) >= 11 is 0. The van der Waals surface area contributed by atoms with Crippen molar-refractivity contribution in [3.8, 4) is 5.75 Å². The maximum absolute atomic E-state index is 12.1. The molecule has 0 saturated heterocycles. The molecule has 2 N–H and O–H groups in total. The zero-order valence-electron chi connectivity index (χ0n) is 14.9. The van der Waals surface area contributed by atoms with E-state index in [2.05, 4.69) is 9.44 Å². The van der Waals surface area contributed by atoms with Gasteiger partial charge in [-0.1, -0.05) is 42.5 Å². The summed E-state index contributed by atoms with van der Waals surface area (Å²) in [5.74, 6) is 0.847. The van der Waals surface area contributed by atoms with Gasteiger partial charge in [0.25, 0.3) is 10.2 Å². The molecule has 0 aromatic heterocycles. The maximum Gasteiger partial charge on any atom is 0.277 e. The highest BCUT2D eigenvalue weighted by molar-refractivity contribution is 7.87. The monoisotopic (exact) mass is 362 g/mol. The molecule has 0 spiro atoms. The molecule has 2 rings (SSSR count). The lowest BCUT2D eigenvalue weighted by Crippen LogP contribution is -2.42. The van der Waals surface area contributed by atoms with Crippen molar-refractivity contribution >= 4 is 10.2 Å². The first-order valence-electron chi connectivity index (χ1n) is 8.34. The molecule has 0 fully saturated rings. The molecule has 1 atom stereocenters. The van der Waals surface area contributed by atoms with Crippen LogP contribution in [-0.4, -0.2) is 28.1 Å². The van der Waals surface area contributed by atoms with E-state index in [1.807, 2.05) is 54.6 Å². The van der Waals surface area contributed by atoms with E-state index in [9.17, 15) is 8.42 Å². The Morgan fingerprint density at radius 2 is 1.64 bits per heavy atom. The average Bonchev–Trinajstić information content (AvgIpc) is 2.59. The molecule has 0 radical (unpaired) electrons. The van der Waals surface area contributed by atoms with Gasteiger partial charge in [0.05, 0.1) is 7.11 Å². The standard InChI is InChI=1S/C19H26N2O3S/c1-15(2)21-25(22,23)20-14-18(17-7-5-4-6-8-17)13-16-9-11-19(24-3)12-10-16/h4-12,15,18,20-21H,13-14H2,1-3H3. The topological polar surface area (TPSA) is 67.4 Å². The van der Waals surface area contributed by atoms with Crippen LogP contribution in [-0.2, 0) is 16.6 Å². The van der Waals surface area contributed by atoms with E-state index in [0.717, 1.165) is 23.3 Å². The quantitative estimate of drug-likeness (QED) is 0.721. The third-order valence-electron chi connectivity index (χ3n) is 3.82. The van der Waals surface area contributed by atoms with Gasteiger partial charge < -0.3 is 4.74 Å². The molecule has 0 saturated carbocycles. The largest absolute Gasteiger partial charge is 0.497 e. The molecule has 0 aliphatic rings. The molecular weight excluding hydrogens is 336 g/mol. The van der Waals surface area contributed by atoms with Crippen LogP contribution in [0.4, 0.5) is 0 Å². The Balaban J connectivity index is 2.13. The lowest BCUT2D eigenvalue weighted by atomic mass is 9.92. The number of benzene rings is 2. The van der Waals surface area contributed by atoms with Crippen LogP contribution >= 0.6 is 0 Å². The molecule has 1 unspecified atom stereocenters. The van der Waals surface area contributed by atoms with Gasteiger partial charge in [0.2, 0.25) is 0 Å². The SMILES string of the molecule is COc1ccc(CC(CNS(=O)(=O)NC(C)C)c2ccccc2)cc1. The molecule has 6 heteroatoms. The Hall–Kier alpha value is -1.89. The highest BCUT2D eigenvalue weighted by Crippen LogP contribution is 2.22. The third-order valence-corrected chi connectivity index (χ3v) is 5.15. The van der Waals surface area contributed by atoms with Gasteiger partial charge in [-0.15, -0.1) is 0 Å². The van der Waals surface area contributed by atoms with E-state index in [4.69, 9.17) is 4.74 Å². The van der Waals surface area contributed by atoms with Gasteiger partial charge in [-0.05, 0) is 43.5 Å². The lowest BCUT2D eigenvalue weighted by Gasteiger charge is -2.19. The van der Waals surface area contributed by atoms with E-state index >= 15 is 0 Å². The zero-order valence-corrected chi connectivity index (χ0v) is 15.7. The van der Waals surface area contributed by atoms with Gasteiger partial charge >= 0.3 is 0 Å². The number of hydrogen-bond donors (Lipinski definition) is 2. The summed E-state index contributed by atoms with van der Waals surface area (Å²) in [6.45, 7) is 3.93. The molecule has 25 heavy (non-hydrogen) atoms. The molecule has 0 bridgehead atoms. The van der Waals surface area contributed by atoms with Crippen molar-refractivity contribution in [2.24, 2.45) is 0 Å². The Kier molecular flexibility index (Phi) is 6.99. The summed E-state index contributed by atoms with van der Waals surface area (Å²) in [4.78, 5) is 0. The first-order chi connectivity index (χ1) is 11.9. The molecular formula is C19H26N2O3S. The minimum Gasteiger partial charge on any atom is -0.497 e. The molecule has 0 aliphatic carbocycles. The van der Waals surface area contributed by atoms with Crippen LogP contribution in [0.2, 0.25) is 0 Å². The molecule has 2 aromatic carbocycles. The van der Waals surface area contributed by atoms with Crippen LogP contribution in [0.3, 0.4) is 0 Å². The van der Waals surface area contributed by atoms with Gasteiger partial charge in [0.1, 0.15) is 5.75 Å².